The Hall–Kier alpha value is -1.98. The number of carbonyl (C=O) groups excluding carboxylic acids is 2. The number of hydrogen-bond acceptors (Lipinski definition) is 5. The Bertz CT molecular complexity index is 447. The first kappa shape index (κ1) is 11.5. The van der Waals surface area contributed by atoms with E-state index < -0.39 is 6.04 Å². The third kappa shape index (κ3) is 2.77. The van der Waals surface area contributed by atoms with Gasteiger partial charge in [0.1, 0.15) is 18.2 Å². The fourth-order valence-electron chi connectivity index (χ4n) is 1.68. The molecule has 1 aliphatic heterocycles. The van der Waals surface area contributed by atoms with Crippen LogP contribution >= 0.6 is 0 Å². The van der Waals surface area contributed by atoms with Crippen molar-refractivity contribution in [3.63, 3.8) is 0 Å². The molecule has 1 aromatic heterocycles. The molecule has 17 heavy (non-hydrogen) atoms. The van der Waals surface area contributed by atoms with Gasteiger partial charge in [0.15, 0.2) is 0 Å². The monoisotopic (exact) mass is 234 g/mol. The van der Waals surface area contributed by atoms with Gasteiger partial charge in [0.05, 0.1) is 0 Å². The molecule has 1 atom stereocenters. The first-order chi connectivity index (χ1) is 8.19. The predicted molar refractivity (Wildman–Crippen MR) is 61.2 cm³/mol. The van der Waals surface area contributed by atoms with E-state index in [1.807, 2.05) is 13.0 Å². The summed E-state index contributed by atoms with van der Waals surface area (Å²) in [5, 5.41) is 5.30. The Morgan fingerprint density at radius 2 is 2.29 bits per heavy atom. The topological polar surface area (TPSA) is 84.0 Å². The minimum absolute atomic E-state index is 0.218. The molecule has 0 bridgehead atoms. The van der Waals surface area contributed by atoms with E-state index in [4.69, 9.17) is 0 Å². The Kier molecular flexibility index (Phi) is 3.32. The lowest BCUT2D eigenvalue weighted by atomic mass is 10.1. The number of rotatable bonds is 3. The summed E-state index contributed by atoms with van der Waals surface area (Å²) >= 11 is 0. The van der Waals surface area contributed by atoms with Crippen LogP contribution in [0.2, 0.25) is 0 Å². The van der Waals surface area contributed by atoms with E-state index in [1.54, 1.807) is 0 Å². The number of carbonyl (C=O) groups is 2. The van der Waals surface area contributed by atoms with Crippen molar-refractivity contribution in [1.82, 2.24) is 15.3 Å². The molecule has 1 fully saturated rings. The maximum Gasteiger partial charge on any atom is 0.249 e. The number of anilines is 1. The lowest BCUT2D eigenvalue weighted by Gasteiger charge is -2.22. The highest BCUT2D eigenvalue weighted by Gasteiger charge is 2.26. The molecule has 1 saturated heterocycles. The van der Waals surface area contributed by atoms with Crippen molar-refractivity contribution in [1.29, 1.82) is 0 Å². The summed E-state index contributed by atoms with van der Waals surface area (Å²) in [7, 11) is 0. The highest BCUT2D eigenvalue weighted by Crippen LogP contribution is 2.12. The number of piperidine rings is 1. The van der Waals surface area contributed by atoms with Crippen LogP contribution in [-0.2, 0) is 16.0 Å². The number of nitrogens with zero attached hydrogens (tertiary/aromatic N) is 2. The average molecular weight is 234 g/mol. The van der Waals surface area contributed by atoms with Crippen LogP contribution in [0.5, 0.6) is 0 Å². The first-order valence-electron chi connectivity index (χ1n) is 5.60. The summed E-state index contributed by atoms with van der Waals surface area (Å²) in [6.07, 6.45) is 3.13. The van der Waals surface area contributed by atoms with E-state index >= 15 is 0 Å². The minimum Gasteiger partial charge on any atom is -0.358 e. The molecule has 0 radical (unpaired) electrons. The van der Waals surface area contributed by atoms with Crippen molar-refractivity contribution in [3.05, 3.63) is 18.1 Å². The van der Waals surface area contributed by atoms with Gasteiger partial charge in [-0.2, -0.15) is 0 Å². The molecule has 1 aliphatic rings. The van der Waals surface area contributed by atoms with Crippen LogP contribution in [-0.4, -0.2) is 27.8 Å². The molecule has 1 unspecified atom stereocenters. The quantitative estimate of drug-likeness (QED) is 0.733. The molecular formula is C11H14N4O2. The number of imide groups is 1. The Balaban J connectivity index is 2.05. The summed E-state index contributed by atoms with van der Waals surface area (Å²) in [6, 6.07) is 1.41. The zero-order valence-corrected chi connectivity index (χ0v) is 9.56. The maximum absolute atomic E-state index is 11.5. The predicted octanol–water partition coefficient (Wildman–Crippen LogP) is 0.256. The van der Waals surface area contributed by atoms with Crippen LogP contribution in [0.15, 0.2) is 12.4 Å². The van der Waals surface area contributed by atoms with Gasteiger partial charge in [-0.15, -0.1) is 0 Å². The highest BCUT2D eigenvalue weighted by molar-refractivity contribution is 6.01. The van der Waals surface area contributed by atoms with Crippen molar-refractivity contribution >= 4 is 17.6 Å². The Labute approximate surface area is 98.8 Å². The van der Waals surface area contributed by atoms with E-state index in [1.165, 1.54) is 6.33 Å². The fourth-order valence-corrected chi connectivity index (χ4v) is 1.68. The van der Waals surface area contributed by atoms with E-state index in [-0.39, 0.29) is 11.8 Å². The number of hydrogen-bond donors (Lipinski definition) is 2. The number of nitrogens with one attached hydrogen (secondary N) is 2. The van der Waals surface area contributed by atoms with Crippen molar-refractivity contribution in [2.24, 2.45) is 0 Å². The second-order valence-electron chi connectivity index (χ2n) is 3.90. The highest BCUT2D eigenvalue weighted by atomic mass is 16.2. The van der Waals surface area contributed by atoms with Gasteiger partial charge in [-0.1, -0.05) is 6.92 Å². The van der Waals surface area contributed by atoms with E-state index in [0.29, 0.717) is 18.7 Å². The normalized spacial score (nSPS) is 19.9. The van der Waals surface area contributed by atoms with Gasteiger partial charge in [-0.3, -0.25) is 14.9 Å². The summed E-state index contributed by atoms with van der Waals surface area (Å²) in [5.41, 5.74) is 0.912. The molecule has 1 aromatic rings. The van der Waals surface area contributed by atoms with Crippen LogP contribution in [0.4, 0.5) is 5.82 Å². The standard InChI is InChI=1S/C11H14N4O2/c1-2-7-5-9(13-6-12-7)14-8-3-4-10(16)15-11(8)17/h5-6,8H,2-4H2,1H3,(H,12,13,14)(H,15,16,17). The maximum atomic E-state index is 11.5. The summed E-state index contributed by atoms with van der Waals surface area (Å²) in [4.78, 5) is 30.6. The molecule has 0 spiro atoms. The van der Waals surface area contributed by atoms with Crippen LogP contribution < -0.4 is 10.6 Å². The van der Waals surface area contributed by atoms with Crippen LogP contribution in [0, 0.1) is 0 Å². The molecular weight excluding hydrogens is 220 g/mol. The van der Waals surface area contributed by atoms with Gasteiger partial charge in [0.25, 0.3) is 0 Å². The smallest absolute Gasteiger partial charge is 0.249 e. The second kappa shape index (κ2) is 4.90. The zero-order valence-electron chi connectivity index (χ0n) is 9.56. The molecule has 6 nitrogen and oxygen atoms in total. The zero-order chi connectivity index (χ0) is 12.3. The van der Waals surface area contributed by atoms with Gasteiger partial charge in [-0.05, 0) is 12.8 Å². The molecule has 0 saturated carbocycles. The third-order valence-electron chi connectivity index (χ3n) is 2.65. The second-order valence-corrected chi connectivity index (χ2v) is 3.90. The van der Waals surface area contributed by atoms with Gasteiger partial charge in [0.2, 0.25) is 11.8 Å². The molecule has 6 heteroatoms. The molecule has 0 aromatic carbocycles. The lowest BCUT2D eigenvalue weighted by molar-refractivity contribution is -0.133. The van der Waals surface area contributed by atoms with Crippen molar-refractivity contribution < 1.29 is 9.59 Å². The van der Waals surface area contributed by atoms with Crippen LogP contribution in [0.1, 0.15) is 25.5 Å². The summed E-state index contributed by atoms with van der Waals surface area (Å²) in [6.45, 7) is 2.00. The third-order valence-corrected chi connectivity index (χ3v) is 2.65. The number of aryl methyl sites for hydroxylation is 1. The summed E-state index contributed by atoms with van der Waals surface area (Å²) in [5.74, 6) is 0.106. The fraction of sp³-hybridized carbons (Fsp3) is 0.455. The van der Waals surface area contributed by atoms with E-state index in [2.05, 4.69) is 20.6 Å². The first-order valence-corrected chi connectivity index (χ1v) is 5.60. The molecule has 2 heterocycles. The van der Waals surface area contributed by atoms with Crippen molar-refractivity contribution in [2.45, 2.75) is 32.2 Å². The van der Waals surface area contributed by atoms with Gasteiger partial charge in [0, 0.05) is 18.2 Å². The molecule has 2 amide bonds. The van der Waals surface area contributed by atoms with Crippen LogP contribution in [0.25, 0.3) is 0 Å². The number of aromatic nitrogens is 2. The summed E-state index contributed by atoms with van der Waals surface area (Å²) < 4.78 is 0. The largest absolute Gasteiger partial charge is 0.358 e. The minimum atomic E-state index is -0.396. The van der Waals surface area contributed by atoms with E-state index in [9.17, 15) is 9.59 Å². The SMILES string of the molecule is CCc1cc(NC2CCC(=O)NC2=O)ncn1. The van der Waals surface area contributed by atoms with Crippen molar-refractivity contribution in [3.8, 4) is 0 Å². The Morgan fingerprint density at radius 3 is 3.00 bits per heavy atom. The molecule has 2 rings (SSSR count). The molecule has 0 aliphatic carbocycles. The molecule has 2 N–H and O–H groups in total. The number of amides is 2. The van der Waals surface area contributed by atoms with Gasteiger partial charge < -0.3 is 5.32 Å². The van der Waals surface area contributed by atoms with E-state index in [0.717, 1.165) is 12.1 Å². The van der Waals surface area contributed by atoms with Crippen molar-refractivity contribution in [2.75, 3.05) is 5.32 Å². The van der Waals surface area contributed by atoms with Crippen LogP contribution in [0.3, 0.4) is 0 Å². The average Bonchev–Trinajstić information content (AvgIpc) is 2.33. The van der Waals surface area contributed by atoms with Gasteiger partial charge in [-0.25, -0.2) is 9.97 Å². The molecule has 90 valence electrons. The lowest BCUT2D eigenvalue weighted by Crippen LogP contribution is -2.47. The van der Waals surface area contributed by atoms with Gasteiger partial charge >= 0.3 is 0 Å². The Morgan fingerprint density at radius 1 is 1.47 bits per heavy atom.